The zero-order valence-corrected chi connectivity index (χ0v) is 8.32. The number of nitrogens with one attached hydrogen (secondary N) is 1. The van der Waals surface area contributed by atoms with Crippen LogP contribution in [0.25, 0.3) is 0 Å². The number of aromatic carboxylic acids is 1. The van der Waals surface area contributed by atoms with Gasteiger partial charge in [0.25, 0.3) is 0 Å². The van der Waals surface area contributed by atoms with E-state index in [0.29, 0.717) is 18.1 Å². The van der Waals surface area contributed by atoms with Crippen molar-refractivity contribution in [3.05, 3.63) is 29.1 Å². The van der Waals surface area contributed by atoms with Gasteiger partial charge in [0.1, 0.15) is 11.5 Å². The van der Waals surface area contributed by atoms with Gasteiger partial charge in [-0.05, 0) is 18.6 Å². The lowest BCUT2D eigenvalue weighted by atomic mass is 10.1. The molecule has 0 spiro atoms. The molecule has 0 aliphatic carbocycles. The van der Waals surface area contributed by atoms with Crippen molar-refractivity contribution < 1.29 is 9.90 Å². The van der Waals surface area contributed by atoms with Gasteiger partial charge in [-0.1, -0.05) is 0 Å². The summed E-state index contributed by atoms with van der Waals surface area (Å²) in [5.74, 6) is -0.398. The van der Waals surface area contributed by atoms with Gasteiger partial charge in [-0.25, -0.2) is 4.79 Å². The number of carbonyl (C=O) groups is 1. The third kappa shape index (κ3) is 1.81. The van der Waals surface area contributed by atoms with Crippen molar-refractivity contribution in [2.24, 2.45) is 4.99 Å². The molecule has 0 atom stereocenters. The van der Waals surface area contributed by atoms with Crippen LogP contribution in [0.4, 0.5) is 0 Å². The van der Waals surface area contributed by atoms with Crippen LogP contribution in [0, 0.1) is 6.92 Å². The van der Waals surface area contributed by atoms with E-state index in [0.717, 1.165) is 12.1 Å². The van der Waals surface area contributed by atoms with Crippen molar-refractivity contribution in [2.45, 2.75) is 6.92 Å². The molecule has 5 nitrogen and oxygen atoms in total. The Bertz CT molecular complexity index is 440. The zero-order chi connectivity index (χ0) is 10.8. The minimum absolute atomic E-state index is 0.197. The second-order valence-corrected chi connectivity index (χ2v) is 3.37. The van der Waals surface area contributed by atoms with Gasteiger partial charge in [0.15, 0.2) is 0 Å². The molecule has 0 bridgehead atoms. The minimum Gasteiger partial charge on any atom is -0.478 e. The number of aromatic nitrogens is 1. The van der Waals surface area contributed by atoms with Crippen LogP contribution in [0.15, 0.2) is 17.3 Å². The second kappa shape index (κ2) is 3.68. The summed E-state index contributed by atoms with van der Waals surface area (Å²) in [4.78, 5) is 19.3. The van der Waals surface area contributed by atoms with Gasteiger partial charge in [0, 0.05) is 12.7 Å². The minimum atomic E-state index is -0.974. The Morgan fingerprint density at radius 3 is 3.00 bits per heavy atom. The number of carboxylic acids is 1. The first-order valence-electron chi connectivity index (χ1n) is 4.67. The highest BCUT2D eigenvalue weighted by Gasteiger charge is 2.18. The number of amidine groups is 1. The van der Waals surface area contributed by atoms with Gasteiger partial charge < -0.3 is 10.4 Å². The van der Waals surface area contributed by atoms with E-state index in [2.05, 4.69) is 15.3 Å². The molecular weight excluding hydrogens is 194 g/mol. The number of aryl methyl sites for hydroxylation is 1. The molecule has 2 heterocycles. The molecule has 1 aliphatic rings. The van der Waals surface area contributed by atoms with Crippen LogP contribution in [-0.2, 0) is 0 Å². The average Bonchev–Trinajstić information content (AvgIpc) is 2.70. The Morgan fingerprint density at radius 2 is 2.40 bits per heavy atom. The predicted octanol–water partition coefficient (Wildman–Crippen LogP) is 0.438. The molecule has 15 heavy (non-hydrogen) atoms. The van der Waals surface area contributed by atoms with Crippen LogP contribution in [0.1, 0.15) is 21.6 Å². The normalized spacial score (nSPS) is 14.6. The topological polar surface area (TPSA) is 74.6 Å². The summed E-state index contributed by atoms with van der Waals surface area (Å²) < 4.78 is 0. The molecule has 5 heteroatoms. The molecule has 0 saturated heterocycles. The Hall–Kier alpha value is -1.91. The fourth-order valence-corrected chi connectivity index (χ4v) is 1.48. The van der Waals surface area contributed by atoms with Gasteiger partial charge in [0.2, 0.25) is 0 Å². The summed E-state index contributed by atoms with van der Waals surface area (Å²) in [6.45, 7) is 3.22. The summed E-state index contributed by atoms with van der Waals surface area (Å²) in [5, 5.41) is 12.0. The fourth-order valence-electron chi connectivity index (χ4n) is 1.48. The molecule has 2 rings (SSSR count). The molecule has 0 unspecified atom stereocenters. The Balaban J connectivity index is 2.50. The number of carboxylic acid groups (broad SMARTS) is 1. The number of pyridine rings is 1. The fraction of sp³-hybridized carbons (Fsp3) is 0.300. The van der Waals surface area contributed by atoms with Gasteiger partial charge in [0.05, 0.1) is 12.1 Å². The van der Waals surface area contributed by atoms with Gasteiger partial charge in [-0.2, -0.15) is 0 Å². The predicted molar refractivity (Wildman–Crippen MR) is 55.3 cm³/mol. The maximum atomic E-state index is 11.0. The highest BCUT2D eigenvalue weighted by molar-refractivity contribution is 6.06. The molecule has 1 aromatic rings. The van der Waals surface area contributed by atoms with Crippen molar-refractivity contribution in [3.63, 3.8) is 0 Å². The standard InChI is InChI=1S/C10H11N3O2/c1-6-4-7(10(14)15)8(13-5-6)9-11-2-3-12-9/h4-5H,2-3H2,1H3,(H,11,12)(H,14,15). The number of aliphatic imine (C=N–C) groups is 1. The number of hydrogen-bond donors (Lipinski definition) is 2. The number of nitrogens with zero attached hydrogens (tertiary/aromatic N) is 2. The lowest BCUT2D eigenvalue weighted by Crippen LogP contribution is -2.23. The van der Waals surface area contributed by atoms with Gasteiger partial charge >= 0.3 is 5.97 Å². The molecule has 0 aromatic carbocycles. The van der Waals surface area contributed by atoms with E-state index in [1.54, 1.807) is 12.3 Å². The van der Waals surface area contributed by atoms with E-state index in [4.69, 9.17) is 5.11 Å². The molecule has 0 saturated carbocycles. The molecule has 1 aliphatic heterocycles. The van der Waals surface area contributed by atoms with Crippen LogP contribution in [0.2, 0.25) is 0 Å². The molecular formula is C10H11N3O2. The van der Waals surface area contributed by atoms with E-state index in [1.807, 2.05) is 6.92 Å². The highest BCUT2D eigenvalue weighted by Crippen LogP contribution is 2.10. The third-order valence-electron chi connectivity index (χ3n) is 2.15. The van der Waals surface area contributed by atoms with Crippen molar-refractivity contribution in [1.29, 1.82) is 0 Å². The molecule has 0 amide bonds. The summed E-state index contributed by atoms with van der Waals surface area (Å²) in [6.07, 6.45) is 1.64. The van der Waals surface area contributed by atoms with E-state index >= 15 is 0 Å². The van der Waals surface area contributed by atoms with E-state index in [9.17, 15) is 4.79 Å². The number of hydrogen-bond acceptors (Lipinski definition) is 4. The molecule has 0 fully saturated rings. The summed E-state index contributed by atoms with van der Waals surface area (Å²) >= 11 is 0. The Kier molecular flexibility index (Phi) is 2.37. The second-order valence-electron chi connectivity index (χ2n) is 3.37. The summed E-state index contributed by atoms with van der Waals surface area (Å²) in [5.41, 5.74) is 1.45. The van der Waals surface area contributed by atoms with Crippen LogP contribution in [0.3, 0.4) is 0 Å². The molecule has 78 valence electrons. The van der Waals surface area contributed by atoms with Gasteiger partial charge in [-0.3, -0.25) is 9.98 Å². The van der Waals surface area contributed by atoms with Crippen molar-refractivity contribution in [3.8, 4) is 0 Å². The average molecular weight is 205 g/mol. The molecule has 1 aromatic heterocycles. The van der Waals surface area contributed by atoms with Crippen LogP contribution in [-0.4, -0.2) is 35.0 Å². The van der Waals surface area contributed by atoms with Crippen molar-refractivity contribution in [1.82, 2.24) is 10.3 Å². The monoisotopic (exact) mass is 205 g/mol. The quantitative estimate of drug-likeness (QED) is 0.734. The van der Waals surface area contributed by atoms with E-state index in [1.165, 1.54) is 0 Å². The van der Waals surface area contributed by atoms with Crippen molar-refractivity contribution in [2.75, 3.05) is 13.1 Å². The lowest BCUT2D eigenvalue weighted by Gasteiger charge is -2.06. The largest absolute Gasteiger partial charge is 0.478 e. The zero-order valence-electron chi connectivity index (χ0n) is 8.32. The van der Waals surface area contributed by atoms with E-state index < -0.39 is 5.97 Å². The summed E-state index contributed by atoms with van der Waals surface area (Å²) in [6, 6.07) is 1.60. The van der Waals surface area contributed by atoms with E-state index in [-0.39, 0.29) is 5.56 Å². The lowest BCUT2D eigenvalue weighted by molar-refractivity contribution is 0.0696. The Morgan fingerprint density at radius 1 is 1.60 bits per heavy atom. The molecule has 2 N–H and O–H groups in total. The van der Waals surface area contributed by atoms with Crippen molar-refractivity contribution >= 4 is 11.8 Å². The first-order valence-corrected chi connectivity index (χ1v) is 4.67. The SMILES string of the molecule is Cc1cnc(C2=NCCN2)c(C(=O)O)c1. The first kappa shape index (κ1) is 9.64. The molecule has 0 radical (unpaired) electrons. The van der Waals surface area contributed by atoms with Crippen LogP contribution < -0.4 is 5.32 Å². The smallest absolute Gasteiger partial charge is 0.338 e. The van der Waals surface area contributed by atoms with Crippen LogP contribution in [0.5, 0.6) is 0 Å². The number of rotatable bonds is 2. The highest BCUT2D eigenvalue weighted by atomic mass is 16.4. The van der Waals surface area contributed by atoms with Gasteiger partial charge in [-0.15, -0.1) is 0 Å². The Labute approximate surface area is 86.9 Å². The third-order valence-corrected chi connectivity index (χ3v) is 2.15. The van der Waals surface area contributed by atoms with Crippen LogP contribution >= 0.6 is 0 Å². The maximum absolute atomic E-state index is 11.0. The maximum Gasteiger partial charge on any atom is 0.338 e. The summed E-state index contributed by atoms with van der Waals surface area (Å²) in [7, 11) is 0. The first-order chi connectivity index (χ1) is 7.18.